The highest BCUT2D eigenvalue weighted by molar-refractivity contribution is 9.12. The highest BCUT2D eigenvalue weighted by Gasteiger charge is 1.99. The largest absolute Gasteiger partial charge is 0.360 e. The summed E-state index contributed by atoms with van der Waals surface area (Å²) < 4.78 is 0.740. The lowest BCUT2D eigenvalue weighted by atomic mass is 10.3. The summed E-state index contributed by atoms with van der Waals surface area (Å²) in [5, 5.41) is 5.04. The molecule has 2 nitrogen and oxygen atoms in total. The molecule has 0 spiro atoms. The van der Waals surface area contributed by atoms with Gasteiger partial charge in [-0.2, -0.15) is 0 Å². The molecular formula is C15H10Br2Cl4N2. The van der Waals surface area contributed by atoms with E-state index in [-0.39, 0.29) is 17.0 Å². The van der Waals surface area contributed by atoms with Crippen LogP contribution in [-0.2, 0) is 0 Å². The lowest BCUT2D eigenvalue weighted by molar-refractivity contribution is 1.53. The Hall–Kier alpha value is -0.230. The van der Waals surface area contributed by atoms with Gasteiger partial charge in [0, 0.05) is 18.1 Å². The second-order valence-electron chi connectivity index (χ2n) is 4.16. The van der Waals surface area contributed by atoms with Gasteiger partial charge < -0.3 is 5.32 Å². The number of benzene rings is 2. The molecule has 1 N–H and O–H groups in total. The molecule has 0 saturated carbocycles. The lowest BCUT2D eigenvalue weighted by Gasteiger charge is -2.03. The van der Waals surface area contributed by atoms with Crippen molar-refractivity contribution in [1.29, 1.82) is 0 Å². The molecule has 2 rings (SSSR count). The first kappa shape index (κ1) is 20.8. The van der Waals surface area contributed by atoms with E-state index in [1.807, 2.05) is 6.07 Å². The van der Waals surface area contributed by atoms with Crippen molar-refractivity contribution in [1.82, 2.24) is 0 Å². The van der Waals surface area contributed by atoms with Gasteiger partial charge in [-0.15, -0.1) is 17.0 Å². The molecule has 0 heterocycles. The number of rotatable bonds is 4. The molecular weight excluding hydrogens is 510 g/mol. The van der Waals surface area contributed by atoms with Crippen LogP contribution in [0.5, 0.6) is 0 Å². The molecule has 0 fully saturated rings. The van der Waals surface area contributed by atoms with E-state index in [1.165, 1.54) is 0 Å². The minimum absolute atomic E-state index is 0. The van der Waals surface area contributed by atoms with Crippen LogP contribution >= 0.6 is 79.3 Å². The Morgan fingerprint density at radius 1 is 0.913 bits per heavy atom. The monoisotopic (exact) mass is 516 g/mol. The van der Waals surface area contributed by atoms with Gasteiger partial charge in [0.2, 0.25) is 0 Å². The number of halogens is 6. The molecule has 0 aromatic heterocycles. The molecule has 2 aromatic carbocycles. The predicted octanol–water partition coefficient (Wildman–Crippen LogP) is 7.93. The number of allylic oxidation sites excluding steroid dienone is 1. The molecule has 0 aliphatic heterocycles. The van der Waals surface area contributed by atoms with Crippen molar-refractivity contribution in [2.24, 2.45) is 4.99 Å². The van der Waals surface area contributed by atoms with Gasteiger partial charge in [-0.25, -0.2) is 0 Å². The van der Waals surface area contributed by atoms with Gasteiger partial charge in [0.1, 0.15) is 0 Å². The Balaban J connectivity index is 0.00000264. The summed E-state index contributed by atoms with van der Waals surface area (Å²) in [4.78, 5) is 4.28. The van der Waals surface area contributed by atoms with Gasteiger partial charge in [0.25, 0.3) is 0 Å². The van der Waals surface area contributed by atoms with E-state index in [4.69, 9.17) is 46.4 Å². The van der Waals surface area contributed by atoms with Crippen molar-refractivity contribution in [3.63, 3.8) is 0 Å². The van der Waals surface area contributed by atoms with Crippen molar-refractivity contribution in [3.05, 3.63) is 67.2 Å². The maximum Gasteiger partial charge on any atom is 0.0645 e. The van der Waals surface area contributed by atoms with Crippen LogP contribution in [0.4, 0.5) is 11.4 Å². The summed E-state index contributed by atoms with van der Waals surface area (Å²) in [6.45, 7) is 0. The fourth-order valence-corrected chi connectivity index (χ4v) is 2.28. The fourth-order valence-electron chi connectivity index (χ4n) is 1.48. The highest BCUT2D eigenvalue weighted by Crippen LogP contribution is 2.27. The Bertz CT molecular complexity index is 748. The third-order valence-electron chi connectivity index (χ3n) is 2.54. The summed E-state index contributed by atoms with van der Waals surface area (Å²) in [6.07, 6.45) is 3.38. The zero-order chi connectivity index (χ0) is 16.1. The third kappa shape index (κ3) is 6.65. The van der Waals surface area contributed by atoms with Gasteiger partial charge in [-0.1, -0.05) is 46.4 Å². The molecule has 0 unspecified atom stereocenters. The van der Waals surface area contributed by atoms with Crippen LogP contribution < -0.4 is 5.32 Å². The predicted molar refractivity (Wildman–Crippen MR) is 112 cm³/mol. The van der Waals surface area contributed by atoms with E-state index < -0.39 is 0 Å². The van der Waals surface area contributed by atoms with Crippen molar-refractivity contribution in [2.75, 3.05) is 5.32 Å². The molecule has 0 radical (unpaired) electrons. The first-order valence-electron chi connectivity index (χ1n) is 6.02. The van der Waals surface area contributed by atoms with E-state index in [2.05, 4.69) is 26.2 Å². The first-order chi connectivity index (χ1) is 10.5. The fraction of sp³-hybridized carbons (Fsp3) is 0. The minimum atomic E-state index is 0. The SMILES string of the molecule is Br.Clc1ccc(N=C/C(Br)=C\Nc2ccc(Cl)c(Cl)c2)cc1Cl. The topological polar surface area (TPSA) is 24.4 Å². The molecule has 0 atom stereocenters. The first-order valence-corrected chi connectivity index (χ1v) is 8.32. The van der Waals surface area contributed by atoms with Crippen LogP contribution in [0.3, 0.4) is 0 Å². The number of anilines is 1. The molecule has 0 aliphatic rings. The van der Waals surface area contributed by atoms with Crippen molar-refractivity contribution >= 4 is 96.9 Å². The average Bonchev–Trinajstić information content (AvgIpc) is 2.49. The summed E-state index contributed by atoms with van der Waals surface area (Å²) in [6, 6.07) is 10.4. The smallest absolute Gasteiger partial charge is 0.0645 e. The van der Waals surface area contributed by atoms with E-state index in [0.29, 0.717) is 25.8 Å². The van der Waals surface area contributed by atoms with Crippen LogP contribution in [-0.4, -0.2) is 6.21 Å². The van der Waals surface area contributed by atoms with E-state index in [1.54, 1.807) is 42.7 Å². The summed E-state index contributed by atoms with van der Waals surface area (Å²) >= 11 is 27.0. The Labute approximate surface area is 173 Å². The number of hydrogen-bond acceptors (Lipinski definition) is 2. The molecule has 0 aliphatic carbocycles. The minimum Gasteiger partial charge on any atom is -0.360 e. The van der Waals surface area contributed by atoms with Gasteiger partial charge in [-0.05, 0) is 52.3 Å². The maximum absolute atomic E-state index is 5.94. The highest BCUT2D eigenvalue weighted by atomic mass is 79.9. The number of nitrogens with zero attached hydrogens (tertiary/aromatic N) is 1. The maximum atomic E-state index is 5.94. The average molecular weight is 520 g/mol. The van der Waals surface area contributed by atoms with Crippen molar-refractivity contribution < 1.29 is 0 Å². The van der Waals surface area contributed by atoms with Gasteiger partial charge in [0.05, 0.1) is 30.3 Å². The molecule has 122 valence electrons. The number of nitrogens with one attached hydrogen (secondary N) is 1. The summed E-state index contributed by atoms with van der Waals surface area (Å²) in [5.41, 5.74) is 1.52. The van der Waals surface area contributed by atoms with Crippen molar-refractivity contribution in [2.45, 2.75) is 0 Å². The van der Waals surface area contributed by atoms with Gasteiger partial charge in [-0.3, -0.25) is 4.99 Å². The molecule has 0 bridgehead atoms. The zero-order valence-electron chi connectivity index (χ0n) is 11.4. The second-order valence-corrected chi connectivity index (χ2v) is 6.70. The van der Waals surface area contributed by atoms with Gasteiger partial charge in [0.15, 0.2) is 0 Å². The van der Waals surface area contributed by atoms with Gasteiger partial charge >= 0.3 is 0 Å². The normalized spacial score (nSPS) is 11.4. The third-order valence-corrected chi connectivity index (χ3v) is 4.45. The molecule has 0 amide bonds. The molecule has 2 aromatic rings. The van der Waals surface area contributed by atoms with Crippen LogP contribution in [0.1, 0.15) is 0 Å². The van der Waals surface area contributed by atoms with E-state index in [0.717, 1.165) is 10.2 Å². The number of hydrogen-bond donors (Lipinski definition) is 1. The van der Waals surface area contributed by atoms with Crippen molar-refractivity contribution in [3.8, 4) is 0 Å². The Morgan fingerprint density at radius 2 is 1.52 bits per heavy atom. The van der Waals surface area contributed by atoms with E-state index >= 15 is 0 Å². The summed E-state index contributed by atoms with van der Waals surface area (Å²) in [7, 11) is 0. The zero-order valence-corrected chi connectivity index (χ0v) is 17.7. The molecule has 8 heteroatoms. The van der Waals surface area contributed by atoms with Crippen LogP contribution in [0.25, 0.3) is 0 Å². The Kier molecular flexibility index (Phi) is 8.98. The standard InChI is InChI=1S/C15H9BrCl4N2.BrH/c16-9(7-21-10-1-3-12(17)14(19)5-10)8-22-11-2-4-13(18)15(20)6-11;/h1-8,21H;1H/b9-7+,22-8?;. The van der Waals surface area contributed by atoms with E-state index in [9.17, 15) is 0 Å². The molecule has 23 heavy (non-hydrogen) atoms. The van der Waals surface area contributed by atoms with Crippen LogP contribution in [0.15, 0.2) is 52.1 Å². The summed E-state index contributed by atoms with van der Waals surface area (Å²) in [5.74, 6) is 0. The van der Waals surface area contributed by atoms with Crippen LogP contribution in [0, 0.1) is 0 Å². The Morgan fingerprint density at radius 3 is 2.13 bits per heavy atom. The second kappa shape index (κ2) is 9.92. The lowest BCUT2D eigenvalue weighted by Crippen LogP contribution is -1.89. The van der Waals surface area contributed by atoms with Crippen LogP contribution in [0.2, 0.25) is 20.1 Å². The number of aliphatic imine (C=N–C) groups is 1. The quantitative estimate of drug-likeness (QED) is 0.408. The molecule has 0 saturated heterocycles.